The monoisotopic (exact) mass is 267 g/mol. The molecule has 1 aromatic carbocycles. The normalized spacial score (nSPS) is 10.6. The quantitative estimate of drug-likeness (QED) is 0.765. The van der Waals surface area contributed by atoms with Crippen molar-refractivity contribution < 1.29 is 13.5 Å². The van der Waals surface area contributed by atoms with Gasteiger partial charge >= 0.3 is 6.61 Å². The Kier molecular flexibility index (Phi) is 4.52. The number of hydrogen-bond acceptors (Lipinski definition) is 3. The molecular formula is C13H11F2NOS. The summed E-state index contributed by atoms with van der Waals surface area (Å²) in [6, 6.07) is 13.2. The van der Waals surface area contributed by atoms with Gasteiger partial charge in [0.2, 0.25) is 5.88 Å². The van der Waals surface area contributed by atoms with E-state index in [1.165, 1.54) is 18.0 Å². The second-order valence-electron chi connectivity index (χ2n) is 3.46. The van der Waals surface area contributed by atoms with E-state index in [1.807, 2.05) is 30.3 Å². The third kappa shape index (κ3) is 3.70. The molecule has 0 aliphatic carbocycles. The second-order valence-corrected chi connectivity index (χ2v) is 4.48. The maximum absolute atomic E-state index is 12.2. The first kappa shape index (κ1) is 12.8. The highest BCUT2D eigenvalue weighted by atomic mass is 32.2. The zero-order valence-electron chi connectivity index (χ0n) is 9.42. The fourth-order valence-electron chi connectivity index (χ4n) is 1.39. The van der Waals surface area contributed by atoms with Crippen molar-refractivity contribution in [3.63, 3.8) is 0 Å². The number of rotatable bonds is 5. The molecule has 18 heavy (non-hydrogen) atoms. The number of benzene rings is 1. The van der Waals surface area contributed by atoms with E-state index in [4.69, 9.17) is 0 Å². The summed E-state index contributed by atoms with van der Waals surface area (Å²) in [6.45, 7) is -2.85. The Balaban J connectivity index is 2.05. The zero-order chi connectivity index (χ0) is 12.8. The molecule has 0 fully saturated rings. The van der Waals surface area contributed by atoms with Gasteiger partial charge in [-0.25, -0.2) is 4.98 Å². The largest absolute Gasteiger partial charge is 0.416 e. The Hall–Kier alpha value is -1.62. The number of hydrogen-bond donors (Lipinski definition) is 0. The number of nitrogens with zero attached hydrogens (tertiary/aromatic N) is 1. The second kappa shape index (κ2) is 6.35. The fourth-order valence-corrected chi connectivity index (χ4v) is 2.31. The summed E-state index contributed by atoms with van der Waals surface area (Å²) in [6.07, 6.45) is 1.43. The van der Waals surface area contributed by atoms with E-state index in [2.05, 4.69) is 9.72 Å². The van der Waals surface area contributed by atoms with Gasteiger partial charge in [0.1, 0.15) is 0 Å². The smallest absolute Gasteiger partial charge is 0.388 e. The lowest BCUT2D eigenvalue weighted by atomic mass is 10.2. The predicted molar refractivity (Wildman–Crippen MR) is 66.9 cm³/mol. The van der Waals surface area contributed by atoms with Crippen LogP contribution in [0.1, 0.15) is 5.56 Å². The van der Waals surface area contributed by atoms with Crippen molar-refractivity contribution in [2.75, 3.05) is 0 Å². The van der Waals surface area contributed by atoms with Crippen LogP contribution in [0.25, 0.3) is 0 Å². The molecular weight excluding hydrogens is 256 g/mol. The minimum absolute atomic E-state index is 0.0200. The van der Waals surface area contributed by atoms with E-state index in [9.17, 15) is 8.78 Å². The predicted octanol–water partition coefficient (Wildman–Crippen LogP) is 3.98. The van der Waals surface area contributed by atoms with Gasteiger partial charge in [0.15, 0.2) is 0 Å². The molecule has 0 radical (unpaired) electrons. The molecule has 0 N–H and O–H groups in total. The summed E-state index contributed by atoms with van der Waals surface area (Å²) in [4.78, 5) is 4.42. The molecule has 0 spiro atoms. The Morgan fingerprint density at radius 1 is 1.11 bits per heavy atom. The Morgan fingerprint density at radius 3 is 2.61 bits per heavy atom. The fraction of sp³-hybridized carbons (Fsp3) is 0.154. The van der Waals surface area contributed by atoms with E-state index < -0.39 is 6.61 Å². The standard InChI is InChI=1S/C13H11F2NOS/c14-13(15)17-12-11(7-4-8-16-12)18-9-10-5-2-1-3-6-10/h1-8,13H,9H2. The molecule has 2 nitrogen and oxygen atoms in total. The summed E-state index contributed by atoms with van der Waals surface area (Å²) in [5.41, 5.74) is 1.12. The minimum atomic E-state index is -2.85. The van der Waals surface area contributed by atoms with Crippen molar-refractivity contribution in [1.82, 2.24) is 4.98 Å². The van der Waals surface area contributed by atoms with Crippen molar-refractivity contribution in [3.8, 4) is 5.88 Å². The topological polar surface area (TPSA) is 22.1 Å². The van der Waals surface area contributed by atoms with Gasteiger partial charge in [0.25, 0.3) is 0 Å². The number of pyridine rings is 1. The van der Waals surface area contributed by atoms with Crippen LogP contribution in [0.15, 0.2) is 53.6 Å². The molecule has 0 aliphatic heterocycles. The van der Waals surface area contributed by atoms with Gasteiger partial charge < -0.3 is 4.74 Å². The molecule has 0 amide bonds. The maximum Gasteiger partial charge on any atom is 0.388 e. The van der Waals surface area contributed by atoms with E-state index in [0.717, 1.165) is 5.56 Å². The highest BCUT2D eigenvalue weighted by Gasteiger charge is 2.10. The van der Waals surface area contributed by atoms with E-state index in [0.29, 0.717) is 10.6 Å². The number of halogens is 2. The first-order valence-electron chi connectivity index (χ1n) is 5.32. The molecule has 0 saturated carbocycles. The van der Waals surface area contributed by atoms with E-state index >= 15 is 0 Å². The van der Waals surface area contributed by atoms with Crippen molar-refractivity contribution in [2.24, 2.45) is 0 Å². The summed E-state index contributed by atoms with van der Waals surface area (Å²) >= 11 is 1.42. The van der Waals surface area contributed by atoms with Crippen LogP contribution in [0.3, 0.4) is 0 Å². The third-order valence-corrected chi connectivity index (χ3v) is 3.27. The van der Waals surface area contributed by atoms with Gasteiger partial charge in [-0.15, -0.1) is 11.8 Å². The molecule has 0 aliphatic rings. The van der Waals surface area contributed by atoms with Crippen LogP contribution in [0, 0.1) is 0 Å². The maximum atomic E-state index is 12.2. The highest BCUT2D eigenvalue weighted by molar-refractivity contribution is 7.98. The van der Waals surface area contributed by atoms with Crippen LogP contribution < -0.4 is 4.74 Å². The molecule has 94 valence electrons. The van der Waals surface area contributed by atoms with Crippen LogP contribution in [0.2, 0.25) is 0 Å². The van der Waals surface area contributed by atoms with Crippen LogP contribution in [0.5, 0.6) is 5.88 Å². The van der Waals surface area contributed by atoms with Crippen molar-refractivity contribution in [2.45, 2.75) is 17.3 Å². The summed E-state index contributed by atoms with van der Waals surface area (Å²) < 4.78 is 28.8. The van der Waals surface area contributed by atoms with E-state index in [1.54, 1.807) is 12.1 Å². The number of thioether (sulfide) groups is 1. The molecule has 0 saturated heterocycles. The number of aromatic nitrogens is 1. The Morgan fingerprint density at radius 2 is 1.89 bits per heavy atom. The van der Waals surface area contributed by atoms with Gasteiger partial charge in [-0.3, -0.25) is 0 Å². The Labute approximate surface area is 108 Å². The summed E-state index contributed by atoms with van der Waals surface area (Å²) in [5.74, 6) is 0.667. The van der Waals surface area contributed by atoms with Crippen molar-refractivity contribution in [3.05, 3.63) is 54.2 Å². The van der Waals surface area contributed by atoms with Crippen molar-refractivity contribution >= 4 is 11.8 Å². The number of ether oxygens (including phenoxy) is 1. The molecule has 1 aromatic heterocycles. The molecule has 2 rings (SSSR count). The van der Waals surface area contributed by atoms with Crippen LogP contribution in [-0.2, 0) is 5.75 Å². The van der Waals surface area contributed by atoms with Gasteiger partial charge in [-0.1, -0.05) is 30.3 Å². The van der Waals surface area contributed by atoms with Crippen LogP contribution in [-0.4, -0.2) is 11.6 Å². The van der Waals surface area contributed by atoms with Crippen molar-refractivity contribution in [1.29, 1.82) is 0 Å². The van der Waals surface area contributed by atoms with Gasteiger partial charge in [0.05, 0.1) is 4.90 Å². The SMILES string of the molecule is FC(F)Oc1ncccc1SCc1ccccc1. The first-order valence-corrected chi connectivity index (χ1v) is 6.31. The minimum Gasteiger partial charge on any atom is -0.416 e. The molecule has 5 heteroatoms. The lowest BCUT2D eigenvalue weighted by Gasteiger charge is -2.08. The molecule has 0 atom stereocenters. The van der Waals surface area contributed by atoms with E-state index in [-0.39, 0.29) is 5.88 Å². The average molecular weight is 267 g/mol. The van der Waals surface area contributed by atoms with Gasteiger partial charge in [0, 0.05) is 11.9 Å². The number of alkyl halides is 2. The van der Waals surface area contributed by atoms with Gasteiger partial charge in [-0.2, -0.15) is 8.78 Å². The lowest BCUT2D eigenvalue weighted by molar-refractivity contribution is -0.0548. The zero-order valence-corrected chi connectivity index (χ0v) is 10.2. The third-order valence-electron chi connectivity index (χ3n) is 2.17. The molecule has 2 aromatic rings. The highest BCUT2D eigenvalue weighted by Crippen LogP contribution is 2.30. The van der Waals surface area contributed by atoms with Gasteiger partial charge in [-0.05, 0) is 17.7 Å². The average Bonchev–Trinajstić information content (AvgIpc) is 2.38. The summed E-state index contributed by atoms with van der Waals surface area (Å²) in [5, 5.41) is 0. The lowest BCUT2D eigenvalue weighted by Crippen LogP contribution is -2.04. The van der Waals surface area contributed by atoms with Crippen LogP contribution >= 0.6 is 11.8 Å². The molecule has 0 bridgehead atoms. The molecule has 0 unspecified atom stereocenters. The summed E-state index contributed by atoms with van der Waals surface area (Å²) in [7, 11) is 0. The first-order chi connectivity index (χ1) is 8.75. The molecule has 1 heterocycles. The van der Waals surface area contributed by atoms with Crippen LogP contribution in [0.4, 0.5) is 8.78 Å². The Bertz CT molecular complexity index is 493.